The number of fused-ring (bicyclic) bond motifs is 1. The van der Waals surface area contributed by atoms with E-state index in [1.165, 1.54) is 0 Å². The van der Waals surface area contributed by atoms with Crippen LogP contribution < -0.4 is 10.6 Å². The number of thioether (sulfide) groups is 2. The van der Waals surface area contributed by atoms with Gasteiger partial charge in [0, 0.05) is 23.7 Å². The summed E-state index contributed by atoms with van der Waals surface area (Å²) in [5.74, 6) is 2.66. The normalized spacial score (nSPS) is 11.1. The summed E-state index contributed by atoms with van der Waals surface area (Å²) in [6, 6.07) is 7.71. The Morgan fingerprint density at radius 3 is 2.68 bits per heavy atom. The van der Waals surface area contributed by atoms with Crippen molar-refractivity contribution >= 4 is 46.3 Å². The second-order valence-electron chi connectivity index (χ2n) is 6.92. The van der Waals surface area contributed by atoms with Gasteiger partial charge in [-0.15, -0.1) is 11.8 Å². The van der Waals surface area contributed by atoms with Crippen LogP contribution in [0.3, 0.4) is 0 Å². The van der Waals surface area contributed by atoms with Crippen molar-refractivity contribution in [3.8, 4) is 0 Å². The first-order valence-corrected chi connectivity index (χ1v) is 12.7. The molecular formula is C22H30N6OS2. The predicted molar refractivity (Wildman–Crippen MR) is 130 cm³/mol. The molecule has 2 aromatic heterocycles. The highest BCUT2D eigenvalue weighted by Crippen LogP contribution is 2.25. The average molecular weight is 459 g/mol. The molecular weight excluding hydrogens is 428 g/mol. The molecule has 0 saturated carbocycles. The van der Waals surface area contributed by atoms with E-state index in [0.717, 1.165) is 57.8 Å². The summed E-state index contributed by atoms with van der Waals surface area (Å²) >= 11 is 3.33. The van der Waals surface area contributed by atoms with Crippen LogP contribution in [0.1, 0.15) is 44.0 Å². The molecule has 7 nitrogen and oxygen atoms in total. The topological polar surface area (TPSA) is 84.7 Å². The third kappa shape index (κ3) is 6.13. The Kier molecular flexibility index (Phi) is 9.02. The standard InChI is InChI=1S/C22H30N6OS2/c1-4-11-23-19-17-15-25-28(20(17)27-22(26-19)31-14-5-2)13-12-24-21(29)16-9-7-8-10-18(16)30-6-3/h7-10,15H,4-6,11-14H2,1-3H3,(H,24,29)(H,23,26,27). The van der Waals surface area contributed by atoms with E-state index in [1.807, 2.05) is 28.9 Å². The van der Waals surface area contributed by atoms with E-state index in [9.17, 15) is 4.79 Å². The molecule has 0 aliphatic rings. The SMILES string of the molecule is CCCNc1nc(SCCC)nc2c1cnn2CCNC(=O)c1ccccc1SCC. The molecule has 1 aromatic carbocycles. The van der Waals surface area contributed by atoms with Crippen molar-refractivity contribution < 1.29 is 4.79 Å². The number of hydrogen-bond donors (Lipinski definition) is 2. The first-order chi connectivity index (χ1) is 15.2. The van der Waals surface area contributed by atoms with Gasteiger partial charge in [-0.25, -0.2) is 14.6 Å². The van der Waals surface area contributed by atoms with Crippen LogP contribution in [0.25, 0.3) is 11.0 Å². The molecule has 0 spiro atoms. The molecule has 0 saturated heterocycles. The first-order valence-electron chi connectivity index (χ1n) is 10.8. The Bertz CT molecular complexity index is 1010. The molecule has 166 valence electrons. The number of nitrogens with one attached hydrogen (secondary N) is 2. The summed E-state index contributed by atoms with van der Waals surface area (Å²) in [7, 11) is 0. The lowest BCUT2D eigenvalue weighted by atomic mass is 10.2. The fraction of sp³-hybridized carbons (Fsp3) is 0.455. The Labute approximate surface area is 192 Å². The van der Waals surface area contributed by atoms with Crippen molar-refractivity contribution in [3.05, 3.63) is 36.0 Å². The van der Waals surface area contributed by atoms with Crippen LogP contribution in [-0.2, 0) is 6.54 Å². The van der Waals surface area contributed by atoms with E-state index >= 15 is 0 Å². The predicted octanol–water partition coefficient (Wildman–Crippen LogP) is 4.69. The summed E-state index contributed by atoms with van der Waals surface area (Å²) in [6.07, 6.45) is 3.88. The van der Waals surface area contributed by atoms with Gasteiger partial charge in [0.05, 0.1) is 23.7 Å². The molecule has 9 heteroatoms. The van der Waals surface area contributed by atoms with Crippen molar-refractivity contribution in [2.45, 2.75) is 50.2 Å². The second-order valence-corrected chi connectivity index (χ2v) is 9.29. The zero-order valence-electron chi connectivity index (χ0n) is 18.4. The van der Waals surface area contributed by atoms with Crippen LogP contribution in [0.4, 0.5) is 5.82 Å². The van der Waals surface area contributed by atoms with Crippen LogP contribution >= 0.6 is 23.5 Å². The zero-order valence-corrected chi connectivity index (χ0v) is 20.0. The van der Waals surface area contributed by atoms with Gasteiger partial charge in [0.25, 0.3) is 5.91 Å². The molecule has 0 atom stereocenters. The van der Waals surface area contributed by atoms with Gasteiger partial charge in [0.15, 0.2) is 10.8 Å². The van der Waals surface area contributed by atoms with Crippen LogP contribution in [0, 0.1) is 0 Å². The van der Waals surface area contributed by atoms with Crippen LogP contribution in [0.5, 0.6) is 0 Å². The van der Waals surface area contributed by atoms with Crippen molar-refractivity contribution in [2.24, 2.45) is 0 Å². The fourth-order valence-electron chi connectivity index (χ4n) is 3.04. The molecule has 3 rings (SSSR count). The lowest BCUT2D eigenvalue weighted by Crippen LogP contribution is -2.28. The Morgan fingerprint density at radius 2 is 1.90 bits per heavy atom. The molecule has 0 aliphatic carbocycles. The minimum Gasteiger partial charge on any atom is -0.369 e. The van der Waals surface area contributed by atoms with Crippen LogP contribution in [-0.4, -0.2) is 50.3 Å². The fourth-order valence-corrected chi connectivity index (χ4v) is 4.54. The molecule has 2 N–H and O–H groups in total. The molecule has 31 heavy (non-hydrogen) atoms. The van der Waals surface area contributed by atoms with Crippen molar-refractivity contribution in [1.29, 1.82) is 0 Å². The first kappa shape index (κ1) is 23.4. The maximum atomic E-state index is 12.7. The van der Waals surface area contributed by atoms with E-state index in [1.54, 1.807) is 29.7 Å². The molecule has 2 heterocycles. The number of benzene rings is 1. The van der Waals surface area contributed by atoms with Crippen molar-refractivity contribution in [1.82, 2.24) is 25.1 Å². The molecule has 1 amide bonds. The largest absolute Gasteiger partial charge is 0.369 e. The van der Waals surface area contributed by atoms with E-state index < -0.39 is 0 Å². The summed E-state index contributed by atoms with van der Waals surface area (Å²) < 4.78 is 1.84. The summed E-state index contributed by atoms with van der Waals surface area (Å²) in [6.45, 7) is 8.22. The molecule has 0 radical (unpaired) electrons. The summed E-state index contributed by atoms with van der Waals surface area (Å²) in [4.78, 5) is 23.1. The van der Waals surface area contributed by atoms with Gasteiger partial charge in [0.2, 0.25) is 0 Å². The van der Waals surface area contributed by atoms with Crippen molar-refractivity contribution in [3.63, 3.8) is 0 Å². The lowest BCUT2D eigenvalue weighted by Gasteiger charge is -2.10. The van der Waals surface area contributed by atoms with Gasteiger partial charge in [-0.1, -0.05) is 44.7 Å². The number of nitrogens with zero attached hydrogens (tertiary/aromatic N) is 4. The molecule has 0 fully saturated rings. The van der Waals surface area contributed by atoms with Gasteiger partial charge in [-0.05, 0) is 30.7 Å². The van der Waals surface area contributed by atoms with E-state index in [0.29, 0.717) is 18.7 Å². The van der Waals surface area contributed by atoms with Crippen LogP contribution in [0.2, 0.25) is 0 Å². The molecule has 0 aliphatic heterocycles. The van der Waals surface area contributed by atoms with E-state index in [2.05, 4.69) is 41.5 Å². The van der Waals surface area contributed by atoms with Gasteiger partial charge in [-0.2, -0.15) is 5.10 Å². The highest BCUT2D eigenvalue weighted by molar-refractivity contribution is 7.99. The van der Waals surface area contributed by atoms with Crippen LogP contribution in [0.15, 0.2) is 40.5 Å². The Hall–Kier alpha value is -2.26. The minimum absolute atomic E-state index is 0.0628. The van der Waals surface area contributed by atoms with Gasteiger partial charge < -0.3 is 10.6 Å². The Balaban J connectivity index is 1.73. The summed E-state index contributed by atoms with van der Waals surface area (Å²) in [5.41, 5.74) is 1.51. The smallest absolute Gasteiger partial charge is 0.252 e. The minimum atomic E-state index is -0.0628. The quantitative estimate of drug-likeness (QED) is 0.301. The molecule has 0 unspecified atom stereocenters. The number of hydrogen-bond acceptors (Lipinski definition) is 7. The van der Waals surface area contributed by atoms with Crippen molar-refractivity contribution in [2.75, 3.05) is 29.9 Å². The lowest BCUT2D eigenvalue weighted by molar-refractivity contribution is 0.0949. The monoisotopic (exact) mass is 458 g/mol. The number of anilines is 1. The molecule has 0 bridgehead atoms. The third-order valence-corrected chi connectivity index (χ3v) is 6.50. The third-order valence-electron chi connectivity index (χ3n) is 4.49. The number of carbonyl (C=O) groups is 1. The number of carbonyl (C=O) groups excluding carboxylic acids is 1. The second kappa shape index (κ2) is 12.0. The highest BCUT2D eigenvalue weighted by Gasteiger charge is 2.14. The number of aromatic nitrogens is 4. The maximum absolute atomic E-state index is 12.7. The highest BCUT2D eigenvalue weighted by atomic mass is 32.2. The zero-order chi connectivity index (χ0) is 22.1. The average Bonchev–Trinajstić information content (AvgIpc) is 3.19. The Morgan fingerprint density at radius 1 is 1.06 bits per heavy atom. The van der Waals surface area contributed by atoms with E-state index in [-0.39, 0.29) is 5.91 Å². The number of amides is 1. The van der Waals surface area contributed by atoms with Gasteiger partial charge in [-0.3, -0.25) is 4.79 Å². The van der Waals surface area contributed by atoms with E-state index in [4.69, 9.17) is 4.98 Å². The maximum Gasteiger partial charge on any atom is 0.252 e. The number of rotatable bonds is 12. The van der Waals surface area contributed by atoms with Gasteiger partial charge in [0.1, 0.15) is 5.82 Å². The summed E-state index contributed by atoms with van der Waals surface area (Å²) in [5, 5.41) is 12.6. The van der Waals surface area contributed by atoms with Gasteiger partial charge >= 0.3 is 0 Å². The molecule has 3 aromatic rings.